The molecule has 1 aromatic heterocycles. The molecular weight excluding hydrogens is 358 g/mol. The summed E-state index contributed by atoms with van der Waals surface area (Å²) in [6.07, 6.45) is 1.35. The Morgan fingerprint density at radius 3 is 2.23 bits per heavy atom. The number of benzene rings is 2. The highest BCUT2D eigenvalue weighted by atomic mass is 35.5. The van der Waals surface area contributed by atoms with Crippen LogP contribution < -0.4 is 10.1 Å². The molecule has 0 radical (unpaired) electrons. The number of rotatable bonds is 6. The molecule has 1 amide bonds. The summed E-state index contributed by atoms with van der Waals surface area (Å²) in [5, 5.41) is 3.25. The molecule has 0 aliphatic heterocycles. The largest absolute Gasteiger partial charge is 0.457 e. The number of nitrogens with one attached hydrogen (secondary N) is 1. The van der Waals surface area contributed by atoms with Gasteiger partial charge in [-0.1, -0.05) is 11.6 Å². The van der Waals surface area contributed by atoms with Crippen LogP contribution in [0.25, 0.3) is 0 Å². The van der Waals surface area contributed by atoms with Crippen LogP contribution in [0.3, 0.4) is 0 Å². The predicted octanol–water partition coefficient (Wildman–Crippen LogP) is 4.52. The van der Waals surface area contributed by atoms with Crippen LogP contribution in [-0.4, -0.2) is 18.5 Å². The molecule has 0 saturated heterocycles. The minimum absolute atomic E-state index is 0.0431. The molecule has 0 unspecified atom stereocenters. The number of halogens is 1. The molecule has 0 atom stereocenters. The van der Waals surface area contributed by atoms with E-state index in [0.717, 1.165) is 0 Å². The molecule has 0 fully saturated rings. The Morgan fingerprint density at radius 2 is 1.62 bits per heavy atom. The van der Waals surface area contributed by atoms with Crippen LogP contribution in [-0.2, 0) is 9.53 Å². The number of esters is 1. The van der Waals surface area contributed by atoms with Crippen molar-refractivity contribution in [3.8, 4) is 11.5 Å². The molecule has 1 heterocycles. The van der Waals surface area contributed by atoms with Crippen molar-refractivity contribution >= 4 is 29.2 Å². The Morgan fingerprint density at radius 1 is 0.962 bits per heavy atom. The van der Waals surface area contributed by atoms with Gasteiger partial charge in [0.2, 0.25) is 5.76 Å². The summed E-state index contributed by atoms with van der Waals surface area (Å²) >= 11 is 5.83. The molecule has 0 bridgehead atoms. The molecule has 3 rings (SSSR count). The van der Waals surface area contributed by atoms with E-state index in [-0.39, 0.29) is 5.76 Å². The second kappa shape index (κ2) is 8.22. The lowest BCUT2D eigenvalue weighted by Gasteiger charge is -2.08. The second-order valence-corrected chi connectivity index (χ2v) is 5.62. The van der Waals surface area contributed by atoms with Crippen molar-refractivity contribution in [2.45, 2.75) is 0 Å². The van der Waals surface area contributed by atoms with Crippen molar-refractivity contribution in [3.05, 3.63) is 77.7 Å². The standard InChI is InChI=1S/C19H14ClNO5/c20-13-3-7-15(8-4-13)26-16-9-5-14(6-10-16)21-18(22)12-25-19(23)17-2-1-11-24-17/h1-11H,12H2,(H,21,22). The zero-order chi connectivity index (χ0) is 18.4. The fraction of sp³-hybridized carbons (Fsp3) is 0.0526. The van der Waals surface area contributed by atoms with E-state index in [4.69, 9.17) is 25.5 Å². The van der Waals surface area contributed by atoms with Gasteiger partial charge in [0.1, 0.15) is 11.5 Å². The lowest BCUT2D eigenvalue weighted by atomic mass is 10.3. The summed E-state index contributed by atoms with van der Waals surface area (Å²) in [6.45, 7) is -0.414. The van der Waals surface area contributed by atoms with Gasteiger partial charge in [0.25, 0.3) is 5.91 Å². The Bertz CT molecular complexity index is 873. The van der Waals surface area contributed by atoms with Crippen LogP contribution >= 0.6 is 11.6 Å². The number of hydrogen-bond donors (Lipinski definition) is 1. The zero-order valence-electron chi connectivity index (χ0n) is 13.5. The molecule has 0 saturated carbocycles. The van der Waals surface area contributed by atoms with E-state index in [1.54, 1.807) is 54.6 Å². The molecule has 6 nitrogen and oxygen atoms in total. The summed E-state index contributed by atoms with van der Waals surface area (Å²) in [5.74, 6) is 0.139. The van der Waals surface area contributed by atoms with Gasteiger partial charge in [-0.05, 0) is 60.7 Å². The fourth-order valence-electron chi connectivity index (χ4n) is 2.04. The van der Waals surface area contributed by atoms with Gasteiger partial charge in [0, 0.05) is 10.7 Å². The highest BCUT2D eigenvalue weighted by molar-refractivity contribution is 6.30. The van der Waals surface area contributed by atoms with Crippen LogP contribution in [0.1, 0.15) is 10.6 Å². The maximum atomic E-state index is 11.8. The number of carbonyl (C=O) groups excluding carboxylic acids is 2. The smallest absolute Gasteiger partial charge is 0.374 e. The molecular formula is C19H14ClNO5. The maximum Gasteiger partial charge on any atom is 0.374 e. The molecule has 1 N–H and O–H groups in total. The average Bonchev–Trinajstić information content (AvgIpc) is 3.18. The lowest BCUT2D eigenvalue weighted by molar-refractivity contribution is -0.119. The Hall–Kier alpha value is -3.25. The van der Waals surface area contributed by atoms with Crippen molar-refractivity contribution in [3.63, 3.8) is 0 Å². The predicted molar refractivity (Wildman–Crippen MR) is 95.6 cm³/mol. The van der Waals surface area contributed by atoms with E-state index < -0.39 is 18.5 Å². The number of furan rings is 1. The van der Waals surface area contributed by atoms with Crippen LogP contribution in [0.5, 0.6) is 11.5 Å². The first-order valence-corrected chi connectivity index (χ1v) is 8.02. The zero-order valence-corrected chi connectivity index (χ0v) is 14.2. The van der Waals surface area contributed by atoms with Gasteiger partial charge in [0.15, 0.2) is 6.61 Å². The van der Waals surface area contributed by atoms with Gasteiger partial charge in [-0.2, -0.15) is 0 Å². The monoisotopic (exact) mass is 371 g/mol. The SMILES string of the molecule is O=C(COC(=O)c1ccco1)Nc1ccc(Oc2ccc(Cl)cc2)cc1. The highest BCUT2D eigenvalue weighted by Gasteiger charge is 2.12. The lowest BCUT2D eigenvalue weighted by Crippen LogP contribution is -2.20. The molecule has 0 aliphatic rings. The van der Waals surface area contributed by atoms with Crippen LogP contribution in [0, 0.1) is 0 Å². The van der Waals surface area contributed by atoms with E-state index in [2.05, 4.69) is 5.32 Å². The van der Waals surface area contributed by atoms with Gasteiger partial charge in [-0.15, -0.1) is 0 Å². The third-order valence-corrected chi connectivity index (χ3v) is 3.50. The minimum Gasteiger partial charge on any atom is -0.457 e. The summed E-state index contributed by atoms with van der Waals surface area (Å²) in [6, 6.07) is 16.8. The van der Waals surface area contributed by atoms with E-state index in [1.165, 1.54) is 12.3 Å². The normalized spacial score (nSPS) is 10.2. The van der Waals surface area contributed by atoms with Crippen LogP contribution in [0.4, 0.5) is 5.69 Å². The third-order valence-electron chi connectivity index (χ3n) is 3.24. The van der Waals surface area contributed by atoms with Gasteiger partial charge in [-0.3, -0.25) is 4.79 Å². The van der Waals surface area contributed by atoms with E-state index in [9.17, 15) is 9.59 Å². The van der Waals surface area contributed by atoms with Crippen LogP contribution in [0.15, 0.2) is 71.3 Å². The van der Waals surface area contributed by atoms with Crippen molar-refractivity contribution < 1.29 is 23.5 Å². The average molecular weight is 372 g/mol. The fourth-order valence-corrected chi connectivity index (χ4v) is 2.17. The first-order chi connectivity index (χ1) is 12.6. The van der Waals surface area contributed by atoms with Gasteiger partial charge >= 0.3 is 5.97 Å². The topological polar surface area (TPSA) is 77.8 Å². The Labute approximate surface area is 154 Å². The second-order valence-electron chi connectivity index (χ2n) is 5.18. The Balaban J connectivity index is 1.49. The minimum atomic E-state index is -0.697. The molecule has 132 valence electrons. The highest BCUT2D eigenvalue weighted by Crippen LogP contribution is 2.24. The molecule has 2 aromatic carbocycles. The number of hydrogen-bond acceptors (Lipinski definition) is 5. The summed E-state index contributed by atoms with van der Waals surface area (Å²) < 4.78 is 15.4. The van der Waals surface area contributed by atoms with E-state index >= 15 is 0 Å². The third kappa shape index (κ3) is 4.87. The van der Waals surface area contributed by atoms with E-state index in [0.29, 0.717) is 22.2 Å². The van der Waals surface area contributed by atoms with Gasteiger partial charge in [0.05, 0.1) is 6.26 Å². The summed E-state index contributed by atoms with van der Waals surface area (Å²) in [5.41, 5.74) is 0.549. The molecule has 0 spiro atoms. The number of amides is 1. The number of anilines is 1. The van der Waals surface area contributed by atoms with Crippen molar-refractivity contribution in [1.29, 1.82) is 0 Å². The first kappa shape index (κ1) is 17.6. The maximum absolute atomic E-state index is 11.8. The molecule has 7 heteroatoms. The Kier molecular flexibility index (Phi) is 5.56. The van der Waals surface area contributed by atoms with E-state index in [1.807, 2.05) is 0 Å². The number of carbonyl (C=O) groups is 2. The van der Waals surface area contributed by atoms with Crippen LogP contribution in [0.2, 0.25) is 5.02 Å². The molecule has 0 aliphatic carbocycles. The summed E-state index contributed by atoms with van der Waals surface area (Å²) in [4.78, 5) is 23.4. The van der Waals surface area contributed by atoms with Gasteiger partial charge < -0.3 is 19.2 Å². The quantitative estimate of drug-likeness (QED) is 0.644. The molecule has 26 heavy (non-hydrogen) atoms. The first-order valence-electron chi connectivity index (χ1n) is 7.64. The van der Waals surface area contributed by atoms with Gasteiger partial charge in [-0.25, -0.2) is 4.79 Å². The summed E-state index contributed by atoms with van der Waals surface area (Å²) in [7, 11) is 0. The molecule has 3 aromatic rings. The van der Waals surface area contributed by atoms with Crippen molar-refractivity contribution in [1.82, 2.24) is 0 Å². The van der Waals surface area contributed by atoms with Crippen molar-refractivity contribution in [2.24, 2.45) is 0 Å². The number of ether oxygens (including phenoxy) is 2. The van der Waals surface area contributed by atoms with Crippen molar-refractivity contribution in [2.75, 3.05) is 11.9 Å².